The molecule has 1 saturated heterocycles. The number of carbonyl (C=O) groups excluding carboxylic acids is 1. The zero-order chi connectivity index (χ0) is 21.5. The predicted octanol–water partition coefficient (Wildman–Crippen LogP) is 2.49. The molecule has 2 aromatic rings. The average Bonchev–Trinajstić information content (AvgIpc) is 3.21. The van der Waals surface area contributed by atoms with Crippen molar-refractivity contribution in [2.45, 2.75) is 30.2 Å². The minimum atomic E-state index is -1.09. The molecule has 3 atom stereocenters. The van der Waals surface area contributed by atoms with Crippen molar-refractivity contribution in [3.8, 4) is 0 Å². The van der Waals surface area contributed by atoms with Crippen LogP contribution in [0.4, 0.5) is 0 Å². The molecule has 0 aliphatic carbocycles. The van der Waals surface area contributed by atoms with Gasteiger partial charge in [-0.05, 0) is 29.9 Å². The third-order valence-corrected chi connectivity index (χ3v) is 7.38. The van der Waals surface area contributed by atoms with Gasteiger partial charge in [-0.3, -0.25) is 19.7 Å². The molecule has 0 spiro atoms. The van der Waals surface area contributed by atoms with Gasteiger partial charge in [0.25, 0.3) is 0 Å². The Kier molecular flexibility index (Phi) is 7.89. The number of aliphatic carboxylic acids is 2. The number of benzene rings is 1. The Bertz CT molecular complexity index is 860. The van der Waals surface area contributed by atoms with E-state index in [-0.39, 0.29) is 17.7 Å². The summed E-state index contributed by atoms with van der Waals surface area (Å²) in [5.41, 5.74) is 1.03. The summed E-state index contributed by atoms with van der Waals surface area (Å²) in [6, 6.07) is 11.8. The molecule has 0 unspecified atom stereocenters. The summed E-state index contributed by atoms with van der Waals surface area (Å²) in [6.45, 7) is -0.114. The van der Waals surface area contributed by atoms with Gasteiger partial charge < -0.3 is 15.1 Å². The zero-order valence-electron chi connectivity index (χ0n) is 16.3. The molecule has 1 amide bonds. The summed E-state index contributed by atoms with van der Waals surface area (Å²) in [6.07, 6.45) is 0.899. The van der Waals surface area contributed by atoms with Crippen LogP contribution in [0.1, 0.15) is 22.1 Å². The number of thioether (sulfide) groups is 1. The van der Waals surface area contributed by atoms with Crippen molar-refractivity contribution in [3.63, 3.8) is 0 Å². The van der Waals surface area contributed by atoms with Gasteiger partial charge in [-0.1, -0.05) is 36.4 Å². The Morgan fingerprint density at radius 1 is 1.17 bits per heavy atom. The van der Waals surface area contributed by atoms with Crippen LogP contribution in [-0.4, -0.2) is 63.9 Å². The molecule has 9 heteroatoms. The van der Waals surface area contributed by atoms with E-state index in [2.05, 4.69) is 5.32 Å². The summed E-state index contributed by atoms with van der Waals surface area (Å²) >= 11 is 3.12. The molecular formula is C21H24N2O5S2. The number of amides is 1. The number of nitrogens with zero attached hydrogens (tertiary/aromatic N) is 1. The van der Waals surface area contributed by atoms with Gasteiger partial charge in [0.05, 0.1) is 11.3 Å². The van der Waals surface area contributed by atoms with Gasteiger partial charge in [0.15, 0.2) is 0 Å². The summed E-state index contributed by atoms with van der Waals surface area (Å²) < 4.78 is 0. The van der Waals surface area contributed by atoms with Gasteiger partial charge in [0, 0.05) is 17.2 Å². The van der Waals surface area contributed by atoms with Crippen LogP contribution in [0.2, 0.25) is 0 Å². The molecule has 1 fully saturated rings. The molecule has 2 heterocycles. The van der Waals surface area contributed by atoms with Crippen LogP contribution in [0.25, 0.3) is 0 Å². The van der Waals surface area contributed by atoms with Crippen LogP contribution in [0.5, 0.6) is 0 Å². The Morgan fingerprint density at radius 2 is 1.93 bits per heavy atom. The molecule has 0 radical (unpaired) electrons. The molecule has 1 aromatic heterocycles. The molecule has 0 bridgehead atoms. The SMILES string of the molecule is O=C(O)CN1C[C@H](c2cccs2)SC[C@@H](N[C@H](CCc2ccccc2)C(=O)O)C1=O. The van der Waals surface area contributed by atoms with E-state index < -0.39 is 30.6 Å². The van der Waals surface area contributed by atoms with E-state index in [4.69, 9.17) is 0 Å². The van der Waals surface area contributed by atoms with Gasteiger partial charge in [-0.2, -0.15) is 0 Å². The van der Waals surface area contributed by atoms with Crippen molar-refractivity contribution >= 4 is 40.9 Å². The molecule has 3 N–H and O–H groups in total. The maximum Gasteiger partial charge on any atom is 0.323 e. The fraction of sp³-hybridized carbons (Fsp3) is 0.381. The summed E-state index contributed by atoms with van der Waals surface area (Å²) in [7, 11) is 0. The maximum absolute atomic E-state index is 13.0. The first-order chi connectivity index (χ1) is 14.4. The Balaban J connectivity index is 1.72. The second-order valence-electron chi connectivity index (χ2n) is 7.08. The van der Waals surface area contributed by atoms with Crippen LogP contribution < -0.4 is 5.32 Å². The Labute approximate surface area is 183 Å². The number of carboxylic acid groups (broad SMARTS) is 2. The van der Waals surface area contributed by atoms with E-state index in [0.717, 1.165) is 10.4 Å². The van der Waals surface area contributed by atoms with Crippen molar-refractivity contribution in [2.24, 2.45) is 0 Å². The normalized spacial score (nSPS) is 20.5. The van der Waals surface area contributed by atoms with Crippen LogP contribution in [0, 0.1) is 0 Å². The number of aryl methyl sites for hydroxylation is 1. The van der Waals surface area contributed by atoms with Gasteiger partial charge in [-0.15, -0.1) is 23.1 Å². The predicted molar refractivity (Wildman–Crippen MR) is 117 cm³/mol. The standard InChI is InChI=1S/C21H24N2O5S2/c24-19(25)12-23-11-18(17-7-4-10-29-17)30-13-16(20(23)26)22-15(21(27)28)9-8-14-5-2-1-3-6-14/h1-7,10,15-16,18,22H,8-9,11-13H2,(H,24,25)(H,27,28)/t15-,16-,18-/m1/s1. The minimum Gasteiger partial charge on any atom is -0.480 e. The summed E-state index contributed by atoms with van der Waals surface area (Å²) in [5.74, 6) is -2.09. The van der Waals surface area contributed by atoms with Gasteiger partial charge >= 0.3 is 11.9 Å². The third kappa shape index (κ3) is 6.07. The molecule has 0 saturated carbocycles. The van der Waals surface area contributed by atoms with E-state index in [0.29, 0.717) is 18.6 Å². The van der Waals surface area contributed by atoms with Gasteiger partial charge in [0.2, 0.25) is 5.91 Å². The topological polar surface area (TPSA) is 107 Å². The van der Waals surface area contributed by atoms with Crippen LogP contribution >= 0.6 is 23.1 Å². The fourth-order valence-corrected chi connectivity index (χ4v) is 5.66. The first-order valence-corrected chi connectivity index (χ1v) is 11.5. The second-order valence-corrected chi connectivity index (χ2v) is 9.30. The highest BCUT2D eigenvalue weighted by atomic mass is 32.2. The smallest absolute Gasteiger partial charge is 0.323 e. The highest BCUT2D eigenvalue weighted by molar-refractivity contribution is 7.99. The van der Waals surface area contributed by atoms with E-state index >= 15 is 0 Å². The summed E-state index contributed by atoms with van der Waals surface area (Å²) in [5, 5.41) is 23.8. The number of thiophene rings is 1. The molecule has 30 heavy (non-hydrogen) atoms. The van der Waals surface area contributed by atoms with E-state index in [1.165, 1.54) is 4.90 Å². The summed E-state index contributed by atoms with van der Waals surface area (Å²) in [4.78, 5) is 38.5. The number of carbonyl (C=O) groups is 3. The van der Waals surface area contributed by atoms with Crippen molar-refractivity contribution in [1.29, 1.82) is 0 Å². The highest BCUT2D eigenvalue weighted by Gasteiger charge is 2.35. The number of carboxylic acids is 2. The first-order valence-electron chi connectivity index (χ1n) is 9.62. The number of nitrogens with one attached hydrogen (secondary N) is 1. The zero-order valence-corrected chi connectivity index (χ0v) is 17.9. The van der Waals surface area contributed by atoms with E-state index in [9.17, 15) is 24.6 Å². The Hall–Kier alpha value is -2.36. The number of hydrogen-bond donors (Lipinski definition) is 3. The number of rotatable bonds is 9. The molecule has 7 nitrogen and oxygen atoms in total. The maximum atomic E-state index is 13.0. The molecule has 160 valence electrons. The quantitative estimate of drug-likeness (QED) is 0.541. The van der Waals surface area contributed by atoms with Gasteiger partial charge in [-0.25, -0.2) is 0 Å². The monoisotopic (exact) mass is 448 g/mol. The lowest BCUT2D eigenvalue weighted by molar-refractivity contribution is -0.146. The second kappa shape index (κ2) is 10.6. The van der Waals surface area contributed by atoms with Crippen molar-refractivity contribution < 1.29 is 24.6 Å². The van der Waals surface area contributed by atoms with Crippen LogP contribution in [-0.2, 0) is 20.8 Å². The van der Waals surface area contributed by atoms with Crippen LogP contribution in [0.15, 0.2) is 47.8 Å². The fourth-order valence-electron chi connectivity index (χ4n) is 3.40. The minimum absolute atomic E-state index is 0.0345. The first kappa shape index (κ1) is 22.3. The lowest BCUT2D eigenvalue weighted by Crippen LogP contribution is -2.53. The largest absolute Gasteiger partial charge is 0.480 e. The Morgan fingerprint density at radius 3 is 2.57 bits per heavy atom. The lowest BCUT2D eigenvalue weighted by atomic mass is 10.0. The molecule has 1 aliphatic heterocycles. The van der Waals surface area contributed by atoms with Crippen LogP contribution in [0.3, 0.4) is 0 Å². The molecular weight excluding hydrogens is 424 g/mol. The van der Waals surface area contributed by atoms with Crippen molar-refractivity contribution in [1.82, 2.24) is 10.2 Å². The van der Waals surface area contributed by atoms with E-state index in [1.807, 2.05) is 47.8 Å². The molecule has 3 rings (SSSR count). The van der Waals surface area contributed by atoms with Crippen molar-refractivity contribution in [2.75, 3.05) is 18.8 Å². The molecule has 1 aromatic carbocycles. The molecule has 1 aliphatic rings. The van der Waals surface area contributed by atoms with E-state index in [1.54, 1.807) is 23.1 Å². The number of hydrogen-bond acceptors (Lipinski definition) is 6. The third-order valence-electron chi connectivity index (χ3n) is 4.91. The average molecular weight is 449 g/mol. The lowest BCUT2D eigenvalue weighted by Gasteiger charge is -2.26. The highest BCUT2D eigenvalue weighted by Crippen LogP contribution is 2.35. The van der Waals surface area contributed by atoms with Gasteiger partial charge in [0.1, 0.15) is 12.6 Å². The van der Waals surface area contributed by atoms with Crippen molar-refractivity contribution in [3.05, 3.63) is 58.3 Å².